The zero-order chi connectivity index (χ0) is 16.2. The Hall–Kier alpha value is -2.30. The van der Waals surface area contributed by atoms with E-state index < -0.39 is 0 Å². The van der Waals surface area contributed by atoms with Crippen LogP contribution in [-0.2, 0) is 6.61 Å². The fourth-order valence-electron chi connectivity index (χ4n) is 2.44. The lowest BCUT2D eigenvalue weighted by Gasteiger charge is -2.18. The Morgan fingerprint density at radius 3 is 2.65 bits per heavy atom. The van der Waals surface area contributed by atoms with E-state index in [0.29, 0.717) is 5.02 Å². The highest BCUT2D eigenvalue weighted by Gasteiger charge is 2.09. The summed E-state index contributed by atoms with van der Waals surface area (Å²) in [6.07, 6.45) is 5.45. The summed E-state index contributed by atoms with van der Waals surface area (Å²) in [5, 5.41) is 13.3. The zero-order valence-electron chi connectivity index (χ0n) is 12.8. The predicted molar refractivity (Wildman–Crippen MR) is 93.0 cm³/mol. The molecule has 0 saturated heterocycles. The summed E-state index contributed by atoms with van der Waals surface area (Å²) in [5.41, 5.74) is 3.88. The molecule has 0 bridgehead atoms. The van der Waals surface area contributed by atoms with Crippen LogP contribution in [0, 0.1) is 0 Å². The first-order valence-electron chi connectivity index (χ1n) is 7.41. The Morgan fingerprint density at radius 1 is 1.22 bits per heavy atom. The molecule has 1 heterocycles. The van der Waals surface area contributed by atoms with Crippen LogP contribution in [0.15, 0.2) is 61.2 Å². The molecule has 3 rings (SSSR count). The van der Waals surface area contributed by atoms with E-state index in [-0.39, 0.29) is 12.6 Å². The van der Waals surface area contributed by atoms with Gasteiger partial charge in [0.2, 0.25) is 0 Å². The fourth-order valence-corrected chi connectivity index (χ4v) is 2.62. The van der Waals surface area contributed by atoms with Crippen molar-refractivity contribution in [1.29, 1.82) is 0 Å². The lowest BCUT2D eigenvalue weighted by molar-refractivity contribution is 0.282. The maximum atomic E-state index is 9.25. The Balaban J connectivity index is 1.77. The van der Waals surface area contributed by atoms with Crippen LogP contribution in [0.1, 0.15) is 24.1 Å². The normalized spacial score (nSPS) is 12.1. The topological polar surface area (TPSA) is 50.1 Å². The number of anilines is 1. The minimum Gasteiger partial charge on any atom is -0.392 e. The van der Waals surface area contributed by atoms with Crippen molar-refractivity contribution in [3.05, 3.63) is 77.3 Å². The number of aliphatic hydroxyl groups is 1. The van der Waals surface area contributed by atoms with Crippen LogP contribution in [0.4, 0.5) is 5.69 Å². The van der Waals surface area contributed by atoms with Crippen LogP contribution in [0.25, 0.3) is 5.69 Å². The number of nitrogens with one attached hydrogen (secondary N) is 1. The summed E-state index contributed by atoms with van der Waals surface area (Å²) >= 11 is 6.22. The molecule has 0 spiro atoms. The zero-order valence-corrected chi connectivity index (χ0v) is 13.5. The number of imidazole rings is 1. The van der Waals surface area contributed by atoms with Gasteiger partial charge in [0.05, 0.1) is 23.6 Å². The fraction of sp³-hybridized carbons (Fsp3) is 0.167. The minimum atomic E-state index is -0.000166. The SMILES string of the molecule is CC(Nc1cc(CO)ccc1Cl)c1ccc(-n2ccnc2)cc1. The molecule has 4 nitrogen and oxygen atoms in total. The maximum Gasteiger partial charge on any atom is 0.0991 e. The van der Waals surface area contributed by atoms with Gasteiger partial charge in [0.1, 0.15) is 0 Å². The molecule has 1 atom stereocenters. The number of benzene rings is 2. The van der Waals surface area contributed by atoms with Crippen molar-refractivity contribution in [3.8, 4) is 5.69 Å². The average Bonchev–Trinajstić information content (AvgIpc) is 3.11. The van der Waals surface area contributed by atoms with Gasteiger partial charge in [-0.05, 0) is 42.3 Å². The predicted octanol–water partition coefficient (Wildman–Crippen LogP) is 4.19. The van der Waals surface area contributed by atoms with Gasteiger partial charge in [0, 0.05) is 24.1 Å². The van der Waals surface area contributed by atoms with Crippen molar-refractivity contribution in [2.45, 2.75) is 19.6 Å². The molecule has 1 aromatic heterocycles. The molecule has 0 aliphatic carbocycles. The van der Waals surface area contributed by atoms with Crippen molar-refractivity contribution in [2.75, 3.05) is 5.32 Å². The second-order valence-corrected chi connectivity index (χ2v) is 5.81. The third kappa shape index (κ3) is 3.55. The van der Waals surface area contributed by atoms with E-state index in [2.05, 4.69) is 41.5 Å². The van der Waals surface area contributed by atoms with E-state index >= 15 is 0 Å². The molecule has 2 N–H and O–H groups in total. The quantitative estimate of drug-likeness (QED) is 0.738. The maximum absolute atomic E-state index is 9.25. The molecule has 0 amide bonds. The van der Waals surface area contributed by atoms with Gasteiger partial charge in [-0.25, -0.2) is 4.98 Å². The summed E-state index contributed by atoms with van der Waals surface area (Å²) in [7, 11) is 0. The largest absolute Gasteiger partial charge is 0.392 e. The van der Waals surface area contributed by atoms with E-state index in [1.54, 1.807) is 18.6 Å². The van der Waals surface area contributed by atoms with Crippen LogP contribution >= 0.6 is 11.6 Å². The van der Waals surface area contributed by atoms with Crippen LogP contribution < -0.4 is 5.32 Å². The van der Waals surface area contributed by atoms with Gasteiger partial charge in [0.25, 0.3) is 0 Å². The third-order valence-electron chi connectivity index (χ3n) is 3.78. The Labute approximate surface area is 140 Å². The smallest absolute Gasteiger partial charge is 0.0991 e. The van der Waals surface area contributed by atoms with Crippen molar-refractivity contribution < 1.29 is 5.11 Å². The van der Waals surface area contributed by atoms with Crippen molar-refractivity contribution in [1.82, 2.24) is 9.55 Å². The summed E-state index contributed by atoms with van der Waals surface area (Å²) in [6, 6.07) is 13.9. The van der Waals surface area contributed by atoms with E-state index in [9.17, 15) is 5.11 Å². The molecule has 0 saturated carbocycles. The number of aliphatic hydroxyl groups excluding tert-OH is 1. The molecule has 0 aliphatic heterocycles. The molecule has 2 aromatic carbocycles. The monoisotopic (exact) mass is 327 g/mol. The van der Waals surface area contributed by atoms with Crippen molar-refractivity contribution >= 4 is 17.3 Å². The first-order valence-corrected chi connectivity index (χ1v) is 7.79. The first kappa shape index (κ1) is 15.6. The van der Waals surface area contributed by atoms with Gasteiger partial charge in [-0.2, -0.15) is 0 Å². The molecule has 23 heavy (non-hydrogen) atoms. The van der Waals surface area contributed by atoms with E-state index in [1.165, 1.54) is 0 Å². The molecule has 0 fully saturated rings. The highest BCUT2D eigenvalue weighted by atomic mass is 35.5. The minimum absolute atomic E-state index is 0.000166. The number of hydrogen-bond donors (Lipinski definition) is 2. The van der Waals surface area contributed by atoms with E-state index in [0.717, 1.165) is 22.5 Å². The van der Waals surface area contributed by atoms with Crippen LogP contribution in [0.5, 0.6) is 0 Å². The Kier molecular flexibility index (Phi) is 4.65. The number of aromatic nitrogens is 2. The Bertz CT molecular complexity index is 769. The van der Waals surface area contributed by atoms with Gasteiger partial charge in [-0.1, -0.05) is 29.8 Å². The molecule has 1 unspecified atom stereocenters. The van der Waals surface area contributed by atoms with E-state index in [1.807, 2.05) is 22.9 Å². The van der Waals surface area contributed by atoms with Crippen LogP contribution in [0.3, 0.4) is 0 Å². The highest BCUT2D eigenvalue weighted by molar-refractivity contribution is 6.33. The second kappa shape index (κ2) is 6.86. The molecular formula is C18H18ClN3O. The molecule has 0 radical (unpaired) electrons. The molecule has 5 heteroatoms. The molecule has 118 valence electrons. The van der Waals surface area contributed by atoms with Gasteiger partial charge in [-0.3, -0.25) is 0 Å². The Morgan fingerprint density at radius 2 is 2.00 bits per heavy atom. The number of nitrogens with zero attached hydrogens (tertiary/aromatic N) is 2. The average molecular weight is 328 g/mol. The molecule has 3 aromatic rings. The van der Waals surface area contributed by atoms with Crippen LogP contribution in [0.2, 0.25) is 5.02 Å². The van der Waals surface area contributed by atoms with E-state index in [4.69, 9.17) is 11.6 Å². The summed E-state index contributed by atoms with van der Waals surface area (Å²) in [6.45, 7) is 2.08. The van der Waals surface area contributed by atoms with Gasteiger partial charge < -0.3 is 15.0 Å². The van der Waals surface area contributed by atoms with Crippen LogP contribution in [-0.4, -0.2) is 14.7 Å². The molecular weight excluding hydrogens is 310 g/mol. The van der Waals surface area contributed by atoms with Crippen molar-refractivity contribution in [3.63, 3.8) is 0 Å². The molecule has 0 aliphatic rings. The van der Waals surface area contributed by atoms with Gasteiger partial charge in [-0.15, -0.1) is 0 Å². The standard InChI is InChI=1S/C18H18ClN3O/c1-13(21-18-10-14(11-23)2-7-17(18)19)15-3-5-16(6-4-15)22-9-8-20-12-22/h2-10,12-13,21,23H,11H2,1H3. The highest BCUT2D eigenvalue weighted by Crippen LogP contribution is 2.27. The summed E-state index contributed by atoms with van der Waals surface area (Å²) in [4.78, 5) is 4.05. The lowest BCUT2D eigenvalue weighted by atomic mass is 10.1. The summed E-state index contributed by atoms with van der Waals surface area (Å²) in [5.74, 6) is 0. The number of hydrogen-bond acceptors (Lipinski definition) is 3. The number of rotatable bonds is 5. The second-order valence-electron chi connectivity index (χ2n) is 5.40. The summed E-state index contributed by atoms with van der Waals surface area (Å²) < 4.78 is 1.96. The lowest BCUT2D eigenvalue weighted by Crippen LogP contribution is -2.07. The number of halogens is 1. The van der Waals surface area contributed by atoms with Crippen molar-refractivity contribution in [2.24, 2.45) is 0 Å². The first-order chi connectivity index (χ1) is 11.2. The third-order valence-corrected chi connectivity index (χ3v) is 4.11. The van der Waals surface area contributed by atoms with Gasteiger partial charge >= 0.3 is 0 Å². The van der Waals surface area contributed by atoms with Gasteiger partial charge in [0.15, 0.2) is 0 Å².